The van der Waals surface area contributed by atoms with Crippen LogP contribution in [0.4, 0.5) is 0 Å². The van der Waals surface area contributed by atoms with Gasteiger partial charge in [-0.15, -0.1) is 0 Å². The van der Waals surface area contributed by atoms with Gasteiger partial charge in [-0.25, -0.2) is 0 Å². The second-order valence-corrected chi connectivity index (χ2v) is 143. The van der Waals surface area contributed by atoms with Crippen molar-refractivity contribution in [3.63, 3.8) is 0 Å². The van der Waals surface area contributed by atoms with E-state index in [4.69, 9.17) is 0 Å². The molecule has 0 saturated carbocycles. The summed E-state index contributed by atoms with van der Waals surface area (Å²) in [6.45, 7) is 22.8. The van der Waals surface area contributed by atoms with E-state index in [0.29, 0.717) is 58.0 Å². The van der Waals surface area contributed by atoms with E-state index in [1.807, 2.05) is 0 Å². The molecule has 0 aromatic carbocycles. The molecule has 0 aromatic rings. The van der Waals surface area contributed by atoms with E-state index in [-0.39, 0.29) is 0.717 Å². The number of rotatable bonds is 0. The van der Waals surface area contributed by atoms with Crippen LogP contribution in [0.1, 0.15) is 0 Å². The second-order valence-electron chi connectivity index (χ2n) is 6.82. The molecule has 3 fully saturated rings. The van der Waals surface area contributed by atoms with Crippen molar-refractivity contribution in [3.8, 4) is 0 Å². The maximum atomic E-state index is 3.01. The Hall–Kier alpha value is 3.45. The summed E-state index contributed by atoms with van der Waals surface area (Å²) < 4.78 is -0.388. The Labute approximate surface area is 131 Å². The Morgan fingerprint density at radius 2 is 0.750 bits per heavy atom. The molecule has 0 spiro atoms. The Kier molecular flexibility index (Phi) is 4.19. The molecule has 0 aromatic heterocycles. The molecule has 3 aliphatic heterocycles. The Morgan fingerprint density at radius 3 is 1.00 bits per heavy atom. The van der Waals surface area contributed by atoms with Gasteiger partial charge in [-0.05, 0) is 0 Å². The fraction of sp³-hybridized carbons (Fsp3) is 1.00. The van der Waals surface area contributed by atoms with Crippen molar-refractivity contribution in [2.24, 2.45) is 0 Å². The fourth-order valence-corrected chi connectivity index (χ4v) is 833. The van der Waals surface area contributed by atoms with Crippen molar-refractivity contribution in [1.82, 2.24) is 0 Å². The Morgan fingerprint density at radius 1 is 0.500 bits per heavy atom. The van der Waals surface area contributed by atoms with Crippen molar-refractivity contribution < 1.29 is 0 Å². The first kappa shape index (κ1) is 15.8. The van der Waals surface area contributed by atoms with Crippen LogP contribution in [0.5, 0.6) is 0 Å². The van der Waals surface area contributed by atoms with Gasteiger partial charge in [-0.3, -0.25) is 0 Å². The standard InChI is InChI=1S/C8H24Si5Te3/c1-9(2)12(7)10(3,4)15-13(8,14-9)16-11(12,5)6/h1-8H3. The molecule has 0 aliphatic carbocycles. The van der Waals surface area contributed by atoms with E-state index in [1.54, 1.807) is 0 Å². The molecule has 3 saturated heterocycles. The van der Waals surface area contributed by atoms with Gasteiger partial charge in [-0.2, -0.15) is 0 Å². The fourth-order valence-electron chi connectivity index (χ4n) is 3.93. The van der Waals surface area contributed by atoms with Gasteiger partial charge in [-0.1, -0.05) is 0 Å². The van der Waals surface area contributed by atoms with Crippen LogP contribution in [0.25, 0.3) is 0 Å². The van der Waals surface area contributed by atoms with E-state index < -0.39 is 22.0 Å². The summed E-state index contributed by atoms with van der Waals surface area (Å²) in [5.41, 5.74) is 0. The van der Waals surface area contributed by atoms with Gasteiger partial charge in [0, 0.05) is 0 Å². The van der Waals surface area contributed by atoms with Gasteiger partial charge < -0.3 is 0 Å². The predicted molar refractivity (Wildman–Crippen MR) is 92.9 cm³/mol. The average Bonchev–Trinajstić information content (AvgIpc) is 1.92. The van der Waals surface area contributed by atoms with Crippen LogP contribution in [0.2, 0.25) is 52.4 Å². The zero-order valence-corrected chi connectivity index (χ0v) is 23.7. The van der Waals surface area contributed by atoms with Gasteiger partial charge in [0.05, 0.1) is 0 Å². The molecule has 16 heavy (non-hydrogen) atoms. The molecule has 0 unspecified atom stereocenters. The first-order chi connectivity index (χ1) is 6.87. The summed E-state index contributed by atoms with van der Waals surface area (Å²) in [5, 5.41) is -1.86. The van der Waals surface area contributed by atoms with Crippen LogP contribution >= 0.6 is 0 Å². The quantitative estimate of drug-likeness (QED) is 0.353. The zero-order chi connectivity index (χ0) is 12.6. The number of hydrogen-bond acceptors (Lipinski definition) is 0. The maximum absolute atomic E-state index is 3.01. The summed E-state index contributed by atoms with van der Waals surface area (Å²) in [5.74, 6) is 0. The molecule has 3 rings (SSSR count). The van der Waals surface area contributed by atoms with Crippen molar-refractivity contribution in [3.05, 3.63) is 0 Å². The topological polar surface area (TPSA) is 0 Å². The average molecular weight is 644 g/mol. The third-order valence-electron chi connectivity index (χ3n) is 4.93. The number of fused-ring (bicyclic) bond motifs is 3. The van der Waals surface area contributed by atoms with Gasteiger partial charge in [0.2, 0.25) is 0 Å². The van der Waals surface area contributed by atoms with Crippen LogP contribution in [-0.2, 0) is 0 Å². The summed E-state index contributed by atoms with van der Waals surface area (Å²) in [7, 11) is 0. The molecule has 0 amide bonds. The summed E-state index contributed by atoms with van der Waals surface area (Å²) in [6.07, 6.45) is 0. The van der Waals surface area contributed by atoms with Crippen LogP contribution in [0.3, 0.4) is 0 Å². The summed E-state index contributed by atoms with van der Waals surface area (Å²) >= 11 is 1.87. The first-order valence-electron chi connectivity index (χ1n) is 5.97. The van der Waals surface area contributed by atoms with Crippen molar-refractivity contribution in [1.29, 1.82) is 0 Å². The van der Waals surface area contributed by atoms with E-state index in [9.17, 15) is 0 Å². The Bertz CT molecular complexity index is 292. The SMILES string of the molecule is C[Si]12[Te][Si](C)(C)[Si](C)([Si](C)(C)[Te]1)[Si](C)(C)[Te]2. The third-order valence-corrected chi connectivity index (χ3v) is 312. The molecule has 94 valence electrons. The molecule has 3 aliphatic rings. The van der Waals surface area contributed by atoms with E-state index in [0.717, 1.165) is 0 Å². The van der Waals surface area contributed by atoms with Crippen molar-refractivity contribution >= 4 is 80.8 Å². The zero-order valence-electron chi connectivity index (χ0n) is 11.7. The van der Waals surface area contributed by atoms with E-state index >= 15 is 0 Å². The van der Waals surface area contributed by atoms with Crippen LogP contribution in [0.15, 0.2) is 0 Å². The molecule has 0 radical (unpaired) electrons. The van der Waals surface area contributed by atoms with Crippen LogP contribution in [-0.4, -0.2) is 80.8 Å². The molecule has 0 atom stereocenters. The minimum atomic E-state index is -0.650. The van der Waals surface area contributed by atoms with Gasteiger partial charge in [0.1, 0.15) is 0 Å². The van der Waals surface area contributed by atoms with E-state index in [2.05, 4.69) is 52.4 Å². The molecule has 3 heterocycles. The Balaban J connectivity index is 2.64. The molecule has 2 bridgehead atoms. The summed E-state index contributed by atoms with van der Waals surface area (Å²) in [6, 6.07) is 0. The van der Waals surface area contributed by atoms with Crippen molar-refractivity contribution in [2.75, 3.05) is 0 Å². The van der Waals surface area contributed by atoms with Crippen LogP contribution < -0.4 is 0 Å². The molecule has 0 nitrogen and oxygen atoms in total. The first-order valence-corrected chi connectivity index (χ1v) is 43.4. The molecule has 8 heteroatoms. The van der Waals surface area contributed by atoms with E-state index in [1.165, 1.54) is 0 Å². The molecule has 0 N–H and O–H groups in total. The normalized spacial score (nSPS) is 48.0. The van der Waals surface area contributed by atoms with Gasteiger partial charge in [0.15, 0.2) is 0 Å². The second kappa shape index (κ2) is 4.23. The number of hydrogen-bond donors (Lipinski definition) is 0. The van der Waals surface area contributed by atoms with Crippen molar-refractivity contribution in [2.45, 2.75) is 52.4 Å². The molecular weight excluding hydrogens is 619 g/mol. The van der Waals surface area contributed by atoms with Gasteiger partial charge >= 0.3 is 133 Å². The van der Waals surface area contributed by atoms with Gasteiger partial charge in [0.25, 0.3) is 0 Å². The van der Waals surface area contributed by atoms with Crippen LogP contribution in [0, 0.1) is 0 Å². The molecular formula is C8H24Si5Te3. The monoisotopic (exact) mass is 650 g/mol. The third kappa shape index (κ3) is 2.01. The summed E-state index contributed by atoms with van der Waals surface area (Å²) in [4.78, 5) is 0. The predicted octanol–water partition coefficient (Wildman–Crippen LogP) is 1.62. The minimum absolute atomic E-state index is 0.388.